The topological polar surface area (TPSA) is 12.0 Å². The quantitative estimate of drug-likeness (QED) is 0.501. The smallest absolute Gasteiger partial charge is 0.0285 e. The van der Waals surface area contributed by atoms with Crippen molar-refractivity contribution in [3.8, 4) is 0 Å². The Balaban J connectivity index is 2.20. The van der Waals surface area contributed by atoms with E-state index in [1.807, 2.05) is 11.3 Å². The van der Waals surface area contributed by atoms with E-state index in [-0.39, 0.29) is 0 Å². The van der Waals surface area contributed by atoms with E-state index in [2.05, 4.69) is 46.5 Å². The number of nitrogens with one attached hydrogen (secondary N) is 1. The minimum atomic E-state index is 0.654. The molecule has 19 heavy (non-hydrogen) atoms. The van der Waals surface area contributed by atoms with Gasteiger partial charge in [-0.15, -0.1) is 11.3 Å². The lowest BCUT2D eigenvalue weighted by atomic mass is 10.0. The Morgan fingerprint density at radius 1 is 1.16 bits per heavy atom. The van der Waals surface area contributed by atoms with Crippen LogP contribution in [-0.4, -0.2) is 12.6 Å². The van der Waals surface area contributed by atoms with Crippen molar-refractivity contribution in [3.63, 3.8) is 0 Å². The maximum absolute atomic E-state index is 3.63. The van der Waals surface area contributed by atoms with Crippen molar-refractivity contribution in [2.75, 3.05) is 6.54 Å². The monoisotopic (exact) mass is 345 g/mol. The lowest BCUT2D eigenvalue weighted by Gasteiger charge is -2.17. The maximum Gasteiger partial charge on any atom is 0.0285 e. The fourth-order valence-electron chi connectivity index (χ4n) is 2.44. The molecule has 1 nitrogen and oxygen atoms in total. The van der Waals surface area contributed by atoms with Crippen molar-refractivity contribution >= 4 is 27.3 Å². The van der Waals surface area contributed by atoms with Gasteiger partial charge in [-0.2, -0.15) is 0 Å². The summed E-state index contributed by atoms with van der Waals surface area (Å²) in [6.07, 6.45) is 10.8. The molecule has 0 bridgehead atoms. The summed E-state index contributed by atoms with van der Waals surface area (Å²) in [6.45, 7) is 5.56. The third-order valence-corrected chi connectivity index (χ3v) is 5.19. The van der Waals surface area contributed by atoms with E-state index >= 15 is 0 Å². The zero-order valence-corrected chi connectivity index (χ0v) is 14.8. The number of unbranched alkanes of at least 4 members (excludes halogenated alkanes) is 5. The fourth-order valence-corrected chi connectivity index (χ4v) is 3.97. The Kier molecular flexibility index (Phi) is 9.84. The van der Waals surface area contributed by atoms with E-state index in [0.717, 1.165) is 6.54 Å². The summed E-state index contributed by atoms with van der Waals surface area (Å²) >= 11 is 5.41. The molecule has 1 heterocycles. The molecule has 0 aromatic carbocycles. The van der Waals surface area contributed by atoms with Crippen molar-refractivity contribution in [1.82, 2.24) is 5.32 Å². The van der Waals surface area contributed by atoms with Crippen molar-refractivity contribution in [2.45, 2.75) is 71.3 Å². The molecule has 1 atom stereocenters. The second-order valence-electron chi connectivity index (χ2n) is 5.25. The van der Waals surface area contributed by atoms with Crippen molar-refractivity contribution in [1.29, 1.82) is 0 Å². The lowest BCUT2D eigenvalue weighted by Crippen LogP contribution is -2.30. The van der Waals surface area contributed by atoms with Gasteiger partial charge in [0.25, 0.3) is 0 Å². The molecule has 0 radical (unpaired) electrons. The molecule has 1 aromatic rings. The molecule has 0 saturated heterocycles. The van der Waals surface area contributed by atoms with Gasteiger partial charge in [0.15, 0.2) is 0 Å². The van der Waals surface area contributed by atoms with Crippen LogP contribution in [0.5, 0.6) is 0 Å². The van der Waals surface area contributed by atoms with Gasteiger partial charge in [-0.1, -0.05) is 52.4 Å². The number of hydrogen-bond acceptors (Lipinski definition) is 2. The van der Waals surface area contributed by atoms with E-state index in [1.165, 1.54) is 60.7 Å². The Morgan fingerprint density at radius 2 is 1.89 bits per heavy atom. The van der Waals surface area contributed by atoms with Crippen LogP contribution in [0.4, 0.5) is 0 Å². The van der Waals surface area contributed by atoms with Crippen LogP contribution in [0.25, 0.3) is 0 Å². The predicted octanol–water partition coefficient (Wildman–Crippen LogP) is 5.78. The number of rotatable bonds is 11. The molecule has 1 aromatic heterocycles. The molecular weight excluding hydrogens is 318 g/mol. The highest BCUT2D eigenvalue weighted by Crippen LogP contribution is 2.22. The average Bonchev–Trinajstić information content (AvgIpc) is 2.79. The Labute approximate surface area is 131 Å². The second-order valence-corrected chi connectivity index (χ2v) is 7.16. The van der Waals surface area contributed by atoms with Gasteiger partial charge < -0.3 is 5.32 Å². The third kappa shape index (κ3) is 8.11. The molecule has 1 rings (SSSR count). The van der Waals surface area contributed by atoms with Crippen molar-refractivity contribution < 1.29 is 0 Å². The van der Waals surface area contributed by atoms with Gasteiger partial charge in [-0.05, 0) is 41.4 Å². The molecule has 0 spiro atoms. The normalized spacial score (nSPS) is 12.8. The molecule has 3 heteroatoms. The summed E-state index contributed by atoms with van der Waals surface area (Å²) in [5.74, 6) is 0. The van der Waals surface area contributed by atoms with Gasteiger partial charge in [0.1, 0.15) is 0 Å². The third-order valence-electron chi connectivity index (χ3n) is 3.47. The van der Waals surface area contributed by atoms with Crippen LogP contribution in [0, 0.1) is 0 Å². The average molecular weight is 346 g/mol. The number of thiophene rings is 1. The van der Waals surface area contributed by atoms with Crippen LogP contribution in [0.1, 0.15) is 63.7 Å². The minimum absolute atomic E-state index is 0.654. The largest absolute Gasteiger partial charge is 0.314 e. The number of halogens is 1. The zero-order chi connectivity index (χ0) is 13.9. The maximum atomic E-state index is 3.63. The van der Waals surface area contributed by atoms with E-state index < -0.39 is 0 Å². The molecule has 0 amide bonds. The SMILES string of the molecule is CCCCCCCCC(Cc1cc(Br)cs1)NCC. The zero-order valence-electron chi connectivity index (χ0n) is 12.4. The molecule has 0 aliphatic heterocycles. The Bertz CT molecular complexity index is 324. The standard InChI is InChI=1S/C16H28BrNS/c1-3-5-6-7-8-9-10-15(18-4-2)12-16-11-14(17)13-19-16/h11,13,15,18H,3-10,12H2,1-2H3. The molecule has 0 saturated carbocycles. The lowest BCUT2D eigenvalue weighted by molar-refractivity contribution is 0.461. The molecule has 1 unspecified atom stereocenters. The van der Waals surface area contributed by atoms with Gasteiger partial charge in [0.05, 0.1) is 0 Å². The van der Waals surface area contributed by atoms with Crippen LogP contribution < -0.4 is 5.32 Å². The van der Waals surface area contributed by atoms with E-state index in [0.29, 0.717) is 6.04 Å². The first-order valence-corrected chi connectivity index (χ1v) is 9.39. The number of hydrogen-bond donors (Lipinski definition) is 1. The van der Waals surface area contributed by atoms with Crippen LogP contribution >= 0.6 is 27.3 Å². The summed E-state index contributed by atoms with van der Waals surface area (Å²) < 4.78 is 1.22. The van der Waals surface area contributed by atoms with E-state index in [9.17, 15) is 0 Å². The summed E-state index contributed by atoms with van der Waals surface area (Å²) in [7, 11) is 0. The van der Waals surface area contributed by atoms with E-state index in [4.69, 9.17) is 0 Å². The van der Waals surface area contributed by atoms with Gasteiger partial charge in [0.2, 0.25) is 0 Å². The first kappa shape index (κ1) is 17.2. The van der Waals surface area contributed by atoms with Crippen molar-refractivity contribution in [3.05, 3.63) is 20.8 Å². The first-order chi connectivity index (χ1) is 9.26. The van der Waals surface area contributed by atoms with Gasteiger partial charge in [-0.25, -0.2) is 0 Å². The molecule has 0 aliphatic rings. The van der Waals surface area contributed by atoms with Crippen LogP contribution in [0.2, 0.25) is 0 Å². The predicted molar refractivity (Wildman–Crippen MR) is 91.2 cm³/mol. The summed E-state index contributed by atoms with van der Waals surface area (Å²) in [6, 6.07) is 2.91. The minimum Gasteiger partial charge on any atom is -0.314 e. The van der Waals surface area contributed by atoms with Gasteiger partial charge in [-0.3, -0.25) is 0 Å². The Morgan fingerprint density at radius 3 is 2.53 bits per heavy atom. The Hall–Kier alpha value is 0.140. The summed E-state index contributed by atoms with van der Waals surface area (Å²) in [5.41, 5.74) is 0. The van der Waals surface area contributed by atoms with Crippen LogP contribution in [-0.2, 0) is 6.42 Å². The van der Waals surface area contributed by atoms with Gasteiger partial charge >= 0.3 is 0 Å². The first-order valence-electron chi connectivity index (χ1n) is 7.72. The second kappa shape index (κ2) is 10.9. The highest BCUT2D eigenvalue weighted by molar-refractivity contribution is 9.10. The van der Waals surface area contributed by atoms with Crippen LogP contribution in [0.3, 0.4) is 0 Å². The molecule has 0 fully saturated rings. The highest BCUT2D eigenvalue weighted by atomic mass is 79.9. The van der Waals surface area contributed by atoms with E-state index in [1.54, 1.807) is 0 Å². The molecule has 0 aliphatic carbocycles. The molecular formula is C16H28BrNS. The summed E-state index contributed by atoms with van der Waals surface area (Å²) in [5, 5.41) is 5.82. The number of likely N-dealkylation sites (N-methyl/N-ethyl adjacent to an activating group) is 1. The van der Waals surface area contributed by atoms with Crippen LogP contribution in [0.15, 0.2) is 15.9 Å². The molecule has 1 N–H and O–H groups in total. The summed E-state index contributed by atoms with van der Waals surface area (Å²) in [4.78, 5) is 1.49. The van der Waals surface area contributed by atoms with Crippen molar-refractivity contribution in [2.24, 2.45) is 0 Å². The fraction of sp³-hybridized carbons (Fsp3) is 0.750. The molecule has 110 valence electrons. The highest BCUT2D eigenvalue weighted by Gasteiger charge is 2.09. The van der Waals surface area contributed by atoms with Gasteiger partial charge in [0, 0.05) is 20.8 Å².